The van der Waals surface area contributed by atoms with E-state index in [1.54, 1.807) is 23.1 Å². The van der Waals surface area contributed by atoms with E-state index in [1.807, 2.05) is 0 Å². The molecule has 1 aliphatic rings. The number of aromatic nitrogens is 1. The van der Waals surface area contributed by atoms with Gasteiger partial charge in [-0.05, 0) is 35.9 Å². The predicted octanol–water partition coefficient (Wildman–Crippen LogP) is 4.07. The zero-order chi connectivity index (χ0) is 24.3. The van der Waals surface area contributed by atoms with Crippen LogP contribution in [0, 0.1) is 5.82 Å². The summed E-state index contributed by atoms with van der Waals surface area (Å²) in [6.07, 6.45) is -3.12. The molecule has 4 rings (SSSR count). The van der Waals surface area contributed by atoms with Crippen molar-refractivity contribution in [1.29, 1.82) is 0 Å². The van der Waals surface area contributed by atoms with Crippen LogP contribution in [0.5, 0.6) is 5.75 Å². The first-order valence-corrected chi connectivity index (χ1v) is 10.5. The minimum atomic E-state index is -4.42. The van der Waals surface area contributed by atoms with Crippen molar-refractivity contribution in [2.75, 3.05) is 31.1 Å². The van der Waals surface area contributed by atoms with Gasteiger partial charge in [-0.3, -0.25) is 9.59 Å². The SMILES string of the molecule is O=C(c1cc(=O)c(OCc2ccc(F)cc2)c[nH]1)N1CCN(c2cccc(C(F)(F)F)c2)CC1. The molecule has 1 amide bonds. The number of alkyl halides is 3. The van der Waals surface area contributed by atoms with Gasteiger partial charge in [-0.2, -0.15) is 13.2 Å². The number of hydrogen-bond donors (Lipinski definition) is 1. The molecule has 178 valence electrons. The molecule has 0 unspecified atom stereocenters. The van der Waals surface area contributed by atoms with E-state index in [1.165, 1.54) is 29.3 Å². The lowest BCUT2D eigenvalue weighted by atomic mass is 10.1. The van der Waals surface area contributed by atoms with Crippen molar-refractivity contribution in [3.8, 4) is 5.75 Å². The van der Waals surface area contributed by atoms with Gasteiger partial charge in [-0.1, -0.05) is 18.2 Å². The molecule has 0 spiro atoms. The second kappa shape index (κ2) is 9.58. The van der Waals surface area contributed by atoms with Crippen LogP contribution in [0.2, 0.25) is 0 Å². The number of halogens is 4. The summed E-state index contributed by atoms with van der Waals surface area (Å²) in [6, 6.07) is 11.9. The topological polar surface area (TPSA) is 65.6 Å². The fourth-order valence-corrected chi connectivity index (χ4v) is 3.65. The Morgan fingerprint density at radius 3 is 2.35 bits per heavy atom. The monoisotopic (exact) mass is 475 g/mol. The number of piperazine rings is 1. The fraction of sp³-hybridized carbons (Fsp3) is 0.250. The maximum absolute atomic E-state index is 13.0. The third kappa shape index (κ3) is 5.38. The smallest absolute Gasteiger partial charge is 0.416 e. The number of carbonyl (C=O) groups excluding carboxylic acids is 1. The van der Waals surface area contributed by atoms with Gasteiger partial charge in [0.15, 0.2) is 5.75 Å². The molecule has 2 aromatic carbocycles. The molecule has 1 aromatic heterocycles. The van der Waals surface area contributed by atoms with Crippen molar-refractivity contribution < 1.29 is 27.1 Å². The molecule has 0 radical (unpaired) electrons. The molecule has 6 nitrogen and oxygen atoms in total. The number of amides is 1. The van der Waals surface area contributed by atoms with Gasteiger partial charge >= 0.3 is 6.18 Å². The third-order valence-electron chi connectivity index (χ3n) is 5.52. The van der Waals surface area contributed by atoms with Gasteiger partial charge in [0.05, 0.1) is 5.56 Å². The van der Waals surface area contributed by atoms with Crippen LogP contribution in [0.4, 0.5) is 23.2 Å². The lowest BCUT2D eigenvalue weighted by Crippen LogP contribution is -2.49. The molecule has 0 bridgehead atoms. The second-order valence-electron chi connectivity index (χ2n) is 7.82. The minimum absolute atomic E-state index is 0.0234. The Hall–Kier alpha value is -3.82. The van der Waals surface area contributed by atoms with E-state index in [9.17, 15) is 27.2 Å². The van der Waals surface area contributed by atoms with Gasteiger partial charge in [-0.25, -0.2) is 4.39 Å². The van der Waals surface area contributed by atoms with Crippen LogP contribution < -0.4 is 15.1 Å². The number of H-pyrrole nitrogens is 1. The number of hydrogen-bond acceptors (Lipinski definition) is 4. The average molecular weight is 475 g/mol. The van der Waals surface area contributed by atoms with Gasteiger partial charge in [-0.15, -0.1) is 0 Å². The molecule has 0 atom stereocenters. The minimum Gasteiger partial charge on any atom is -0.483 e. The lowest BCUT2D eigenvalue weighted by Gasteiger charge is -2.36. The normalized spacial score (nSPS) is 14.2. The van der Waals surface area contributed by atoms with Crippen LogP contribution in [0.15, 0.2) is 65.6 Å². The molecule has 10 heteroatoms. The van der Waals surface area contributed by atoms with Crippen LogP contribution >= 0.6 is 0 Å². The van der Waals surface area contributed by atoms with Crippen LogP contribution in [0.1, 0.15) is 21.6 Å². The quantitative estimate of drug-likeness (QED) is 0.565. The van der Waals surface area contributed by atoms with Gasteiger partial charge in [0, 0.05) is 44.1 Å². The Balaban J connectivity index is 1.36. The molecule has 1 saturated heterocycles. The van der Waals surface area contributed by atoms with Crippen molar-refractivity contribution in [1.82, 2.24) is 9.88 Å². The number of nitrogens with one attached hydrogen (secondary N) is 1. The summed E-state index contributed by atoms with van der Waals surface area (Å²) in [6.45, 7) is 1.36. The number of carbonyl (C=O) groups is 1. The number of anilines is 1. The number of rotatable bonds is 5. The Morgan fingerprint density at radius 2 is 1.71 bits per heavy atom. The highest BCUT2D eigenvalue weighted by molar-refractivity contribution is 5.92. The van der Waals surface area contributed by atoms with E-state index in [0.717, 1.165) is 18.2 Å². The third-order valence-corrected chi connectivity index (χ3v) is 5.52. The van der Waals surface area contributed by atoms with E-state index in [2.05, 4.69) is 4.98 Å². The van der Waals surface area contributed by atoms with Gasteiger partial charge in [0.25, 0.3) is 5.91 Å². The Kier molecular flexibility index (Phi) is 6.58. The average Bonchev–Trinajstić information content (AvgIpc) is 2.83. The summed E-state index contributed by atoms with van der Waals surface area (Å²) in [5, 5.41) is 0. The molecule has 0 aliphatic carbocycles. The molecule has 2 heterocycles. The fourth-order valence-electron chi connectivity index (χ4n) is 3.65. The van der Waals surface area contributed by atoms with E-state index in [0.29, 0.717) is 37.4 Å². The molecular formula is C24H21F4N3O3. The molecule has 1 aliphatic heterocycles. The van der Waals surface area contributed by atoms with Crippen molar-refractivity contribution in [2.45, 2.75) is 12.8 Å². The molecule has 0 saturated carbocycles. The largest absolute Gasteiger partial charge is 0.483 e. The Labute approximate surface area is 192 Å². The van der Waals surface area contributed by atoms with E-state index in [4.69, 9.17) is 4.74 Å². The van der Waals surface area contributed by atoms with Crippen LogP contribution in [0.3, 0.4) is 0 Å². The van der Waals surface area contributed by atoms with Crippen LogP contribution in [-0.4, -0.2) is 42.0 Å². The Bertz CT molecular complexity index is 1220. The lowest BCUT2D eigenvalue weighted by molar-refractivity contribution is -0.137. The van der Waals surface area contributed by atoms with Crippen molar-refractivity contribution in [2.24, 2.45) is 0 Å². The maximum atomic E-state index is 13.0. The standard InChI is InChI=1S/C24H21F4N3O3/c25-18-6-4-16(5-7-18)15-34-22-14-29-20(13-21(22)32)23(33)31-10-8-30(9-11-31)19-3-1-2-17(12-19)24(26,27)28/h1-7,12-14H,8-11,15H2,(H,29,32). The number of benzene rings is 2. The second-order valence-corrected chi connectivity index (χ2v) is 7.82. The first kappa shape index (κ1) is 23.3. The maximum Gasteiger partial charge on any atom is 0.416 e. The summed E-state index contributed by atoms with van der Waals surface area (Å²) in [4.78, 5) is 31.3. The van der Waals surface area contributed by atoms with E-state index >= 15 is 0 Å². The molecule has 3 aromatic rings. The van der Waals surface area contributed by atoms with Crippen LogP contribution in [-0.2, 0) is 12.8 Å². The van der Waals surface area contributed by atoms with Crippen LogP contribution in [0.25, 0.3) is 0 Å². The molecule has 1 fully saturated rings. The highest BCUT2D eigenvalue weighted by atomic mass is 19.4. The summed E-state index contributed by atoms with van der Waals surface area (Å²) in [5.41, 5.74) is 0.0128. The molecular weight excluding hydrogens is 454 g/mol. The van der Waals surface area contributed by atoms with Crippen molar-refractivity contribution in [3.63, 3.8) is 0 Å². The molecule has 1 N–H and O–H groups in total. The number of aromatic amines is 1. The highest BCUT2D eigenvalue weighted by Crippen LogP contribution is 2.32. The van der Waals surface area contributed by atoms with Crippen molar-refractivity contribution in [3.05, 3.63) is 93.7 Å². The zero-order valence-corrected chi connectivity index (χ0v) is 17.9. The number of nitrogens with zero attached hydrogens (tertiary/aromatic N) is 2. The van der Waals surface area contributed by atoms with E-state index < -0.39 is 17.2 Å². The zero-order valence-electron chi connectivity index (χ0n) is 17.9. The van der Waals surface area contributed by atoms with Gasteiger partial charge in [0.2, 0.25) is 5.43 Å². The first-order chi connectivity index (χ1) is 16.2. The summed E-state index contributed by atoms with van der Waals surface area (Å²) in [5.74, 6) is -0.735. The molecule has 34 heavy (non-hydrogen) atoms. The number of ether oxygens (including phenoxy) is 1. The highest BCUT2D eigenvalue weighted by Gasteiger charge is 2.31. The summed E-state index contributed by atoms with van der Waals surface area (Å²) in [7, 11) is 0. The Morgan fingerprint density at radius 1 is 1.00 bits per heavy atom. The van der Waals surface area contributed by atoms with E-state index in [-0.39, 0.29) is 29.8 Å². The van der Waals surface area contributed by atoms with Crippen molar-refractivity contribution >= 4 is 11.6 Å². The van der Waals surface area contributed by atoms with Gasteiger partial charge in [0.1, 0.15) is 18.1 Å². The predicted molar refractivity (Wildman–Crippen MR) is 117 cm³/mol. The number of pyridine rings is 1. The van der Waals surface area contributed by atoms with Gasteiger partial charge < -0.3 is 19.5 Å². The summed E-state index contributed by atoms with van der Waals surface area (Å²) >= 11 is 0. The summed E-state index contributed by atoms with van der Waals surface area (Å²) < 4.78 is 57.4. The first-order valence-electron chi connectivity index (χ1n) is 10.5.